The molecule has 3 rings (SSSR count). The average molecular weight is 366 g/mol. The number of piperidine rings is 1. The maximum atomic E-state index is 12.7. The van der Waals surface area contributed by atoms with Gasteiger partial charge in [-0.25, -0.2) is 0 Å². The largest absolute Gasteiger partial charge is 0.379 e. The molecule has 3 saturated heterocycles. The van der Waals surface area contributed by atoms with Crippen LogP contribution in [-0.4, -0.2) is 85.5 Å². The molecule has 2 atom stereocenters. The van der Waals surface area contributed by atoms with E-state index in [1.54, 1.807) is 0 Å². The first kappa shape index (κ1) is 19.6. The van der Waals surface area contributed by atoms with Crippen molar-refractivity contribution in [2.45, 2.75) is 40.0 Å². The third kappa shape index (κ3) is 4.77. The Kier molecular flexibility index (Phi) is 6.23. The van der Waals surface area contributed by atoms with E-state index in [0.29, 0.717) is 24.2 Å². The maximum absolute atomic E-state index is 12.7. The van der Waals surface area contributed by atoms with Gasteiger partial charge in [-0.3, -0.25) is 14.5 Å². The highest BCUT2D eigenvalue weighted by Gasteiger charge is 2.38. The molecule has 3 heterocycles. The summed E-state index contributed by atoms with van der Waals surface area (Å²) in [7, 11) is 0. The molecule has 0 spiro atoms. The van der Waals surface area contributed by atoms with E-state index >= 15 is 0 Å². The van der Waals surface area contributed by atoms with Gasteiger partial charge in [0.25, 0.3) is 0 Å². The number of fused-ring (bicyclic) bond motifs is 1. The van der Waals surface area contributed by atoms with Crippen LogP contribution in [0, 0.1) is 17.3 Å². The summed E-state index contributed by atoms with van der Waals surface area (Å²) in [6, 6.07) is 0. The Balaban J connectivity index is 1.53. The molecule has 0 saturated carbocycles. The second-order valence-corrected chi connectivity index (χ2v) is 9.14. The van der Waals surface area contributed by atoms with E-state index in [-0.39, 0.29) is 11.3 Å². The number of amides is 2. The van der Waals surface area contributed by atoms with Crippen LogP contribution in [0.5, 0.6) is 0 Å². The van der Waals surface area contributed by atoms with Crippen molar-refractivity contribution in [1.29, 1.82) is 0 Å². The van der Waals surface area contributed by atoms with Crippen molar-refractivity contribution >= 4 is 11.8 Å². The van der Waals surface area contributed by atoms with Crippen LogP contribution >= 0.6 is 0 Å². The van der Waals surface area contributed by atoms with Gasteiger partial charge in [-0.2, -0.15) is 0 Å². The fourth-order valence-corrected chi connectivity index (χ4v) is 4.46. The summed E-state index contributed by atoms with van der Waals surface area (Å²) < 4.78 is 5.40. The predicted molar refractivity (Wildman–Crippen MR) is 101 cm³/mol. The minimum Gasteiger partial charge on any atom is -0.379 e. The molecule has 0 aliphatic carbocycles. The Labute approximate surface area is 157 Å². The molecular weight excluding hydrogens is 330 g/mol. The van der Waals surface area contributed by atoms with E-state index < -0.39 is 0 Å². The molecule has 0 unspecified atom stereocenters. The van der Waals surface area contributed by atoms with Crippen molar-refractivity contribution in [3.63, 3.8) is 0 Å². The fraction of sp³-hybridized carbons (Fsp3) is 0.900. The summed E-state index contributed by atoms with van der Waals surface area (Å²) in [6.45, 7) is 13.7. The molecule has 0 N–H and O–H groups in total. The van der Waals surface area contributed by atoms with Crippen LogP contribution in [-0.2, 0) is 14.3 Å². The smallest absolute Gasteiger partial charge is 0.227 e. The first-order valence-corrected chi connectivity index (χ1v) is 10.2. The molecule has 0 bridgehead atoms. The number of hydrogen-bond acceptors (Lipinski definition) is 4. The minimum absolute atomic E-state index is 0.246. The number of carbonyl (C=O) groups is 2. The Bertz CT molecular complexity index is 511. The Morgan fingerprint density at radius 1 is 1.04 bits per heavy atom. The number of likely N-dealkylation sites (tertiary alicyclic amines) is 2. The molecule has 0 radical (unpaired) electrons. The van der Waals surface area contributed by atoms with E-state index in [4.69, 9.17) is 4.74 Å². The molecule has 26 heavy (non-hydrogen) atoms. The molecule has 3 aliphatic rings. The summed E-state index contributed by atoms with van der Waals surface area (Å²) in [5, 5.41) is 0. The van der Waals surface area contributed by atoms with Crippen LogP contribution < -0.4 is 0 Å². The van der Waals surface area contributed by atoms with Crippen LogP contribution in [0.15, 0.2) is 0 Å². The zero-order chi connectivity index (χ0) is 18.7. The molecule has 2 amide bonds. The van der Waals surface area contributed by atoms with Crippen LogP contribution in [0.4, 0.5) is 0 Å². The Morgan fingerprint density at radius 2 is 1.73 bits per heavy atom. The maximum Gasteiger partial charge on any atom is 0.227 e. The van der Waals surface area contributed by atoms with Crippen LogP contribution in [0.2, 0.25) is 0 Å². The summed E-state index contributed by atoms with van der Waals surface area (Å²) in [5.41, 5.74) is -0.322. The van der Waals surface area contributed by atoms with Crippen molar-refractivity contribution in [3.05, 3.63) is 0 Å². The summed E-state index contributed by atoms with van der Waals surface area (Å²) >= 11 is 0. The normalized spacial score (nSPS) is 28.7. The number of carbonyl (C=O) groups excluding carboxylic acids is 2. The third-order valence-electron chi connectivity index (χ3n) is 6.17. The topological polar surface area (TPSA) is 53.1 Å². The van der Waals surface area contributed by atoms with Gasteiger partial charge in [0.15, 0.2) is 0 Å². The lowest BCUT2D eigenvalue weighted by molar-refractivity contribution is -0.142. The lowest BCUT2D eigenvalue weighted by Gasteiger charge is -2.40. The highest BCUT2D eigenvalue weighted by molar-refractivity contribution is 5.81. The standard InChI is InChI=1S/C20H35N3O3/c1-20(2,3)19(25)23-7-4-16-14-18(24)22(6-5-17(16)15-23)9-8-21-10-12-26-13-11-21/h16-17H,4-15H2,1-3H3/t16-,17-/m0/s1. The van der Waals surface area contributed by atoms with Crippen molar-refractivity contribution in [2.75, 3.05) is 59.0 Å². The number of hydrogen-bond donors (Lipinski definition) is 0. The molecule has 0 aromatic carbocycles. The molecule has 3 fully saturated rings. The van der Waals surface area contributed by atoms with Crippen LogP contribution in [0.3, 0.4) is 0 Å². The zero-order valence-electron chi connectivity index (χ0n) is 16.7. The molecule has 6 heteroatoms. The van der Waals surface area contributed by atoms with Gasteiger partial charge >= 0.3 is 0 Å². The molecule has 3 aliphatic heterocycles. The number of rotatable bonds is 3. The van der Waals surface area contributed by atoms with Gasteiger partial charge in [0.05, 0.1) is 13.2 Å². The highest BCUT2D eigenvalue weighted by atomic mass is 16.5. The van der Waals surface area contributed by atoms with Crippen molar-refractivity contribution in [1.82, 2.24) is 14.7 Å². The predicted octanol–water partition coefficient (Wildman–Crippen LogP) is 1.45. The van der Waals surface area contributed by atoms with E-state index in [1.807, 2.05) is 25.7 Å². The third-order valence-corrected chi connectivity index (χ3v) is 6.17. The summed E-state index contributed by atoms with van der Waals surface area (Å²) in [5.74, 6) is 1.46. The van der Waals surface area contributed by atoms with Gasteiger partial charge in [0, 0.05) is 57.6 Å². The number of ether oxygens (including phenoxy) is 1. The Hall–Kier alpha value is -1.14. The number of morpholine rings is 1. The van der Waals surface area contributed by atoms with E-state index in [0.717, 1.165) is 71.9 Å². The first-order valence-electron chi connectivity index (χ1n) is 10.2. The minimum atomic E-state index is -0.322. The molecule has 0 aromatic rings. The van der Waals surface area contributed by atoms with Gasteiger partial charge in [-0.1, -0.05) is 20.8 Å². The van der Waals surface area contributed by atoms with E-state index in [9.17, 15) is 9.59 Å². The average Bonchev–Trinajstić information content (AvgIpc) is 2.77. The van der Waals surface area contributed by atoms with Gasteiger partial charge in [-0.15, -0.1) is 0 Å². The van der Waals surface area contributed by atoms with Crippen molar-refractivity contribution in [2.24, 2.45) is 17.3 Å². The molecular formula is C20H35N3O3. The second-order valence-electron chi connectivity index (χ2n) is 9.14. The lowest BCUT2D eigenvalue weighted by atomic mass is 9.81. The molecule has 6 nitrogen and oxygen atoms in total. The number of nitrogens with zero attached hydrogens (tertiary/aromatic N) is 3. The summed E-state index contributed by atoms with van der Waals surface area (Å²) in [4.78, 5) is 31.8. The van der Waals surface area contributed by atoms with Crippen molar-refractivity contribution < 1.29 is 14.3 Å². The fourth-order valence-electron chi connectivity index (χ4n) is 4.46. The molecule has 0 aromatic heterocycles. The zero-order valence-corrected chi connectivity index (χ0v) is 16.7. The lowest BCUT2D eigenvalue weighted by Crippen LogP contribution is -2.47. The first-order chi connectivity index (χ1) is 12.3. The van der Waals surface area contributed by atoms with Gasteiger partial charge < -0.3 is 14.5 Å². The van der Waals surface area contributed by atoms with Crippen LogP contribution in [0.1, 0.15) is 40.0 Å². The van der Waals surface area contributed by atoms with Crippen LogP contribution in [0.25, 0.3) is 0 Å². The van der Waals surface area contributed by atoms with Crippen molar-refractivity contribution in [3.8, 4) is 0 Å². The SMILES string of the molecule is CC(C)(C)C(=O)N1CC[C@H]2CC(=O)N(CCN3CCOCC3)CC[C@H]2C1. The van der Waals surface area contributed by atoms with E-state index in [1.165, 1.54) is 0 Å². The quantitative estimate of drug-likeness (QED) is 0.760. The van der Waals surface area contributed by atoms with E-state index in [2.05, 4.69) is 9.80 Å². The van der Waals surface area contributed by atoms with Gasteiger partial charge in [-0.05, 0) is 24.7 Å². The highest BCUT2D eigenvalue weighted by Crippen LogP contribution is 2.34. The van der Waals surface area contributed by atoms with Gasteiger partial charge in [0.2, 0.25) is 11.8 Å². The van der Waals surface area contributed by atoms with Gasteiger partial charge in [0.1, 0.15) is 0 Å². The summed E-state index contributed by atoms with van der Waals surface area (Å²) in [6.07, 6.45) is 2.65. The Morgan fingerprint density at radius 3 is 2.42 bits per heavy atom. The monoisotopic (exact) mass is 365 g/mol. The second kappa shape index (κ2) is 8.26. The molecule has 148 valence electrons.